The maximum absolute atomic E-state index is 11.1. The summed E-state index contributed by atoms with van der Waals surface area (Å²) < 4.78 is 0. The van der Waals surface area contributed by atoms with Gasteiger partial charge in [0, 0.05) is 12.8 Å². The Bertz CT molecular complexity index is 259. The molecule has 1 fully saturated rings. The number of nitrogens with zero attached hydrogens (tertiary/aromatic N) is 2. The fraction of sp³-hybridized carbons (Fsp3) is 0.571. The van der Waals surface area contributed by atoms with Gasteiger partial charge in [0.1, 0.15) is 0 Å². The third-order valence-corrected chi connectivity index (χ3v) is 1.66. The van der Waals surface area contributed by atoms with Crippen LogP contribution in [-0.2, 0) is 9.59 Å². The number of nitrogens with one attached hydrogen (secondary N) is 3. The Morgan fingerprint density at radius 1 is 1.21 bits per heavy atom. The number of hydrogen-bond acceptors (Lipinski definition) is 6. The molecular formula is C7H13N5O2. The van der Waals surface area contributed by atoms with Crippen molar-refractivity contribution in [2.45, 2.75) is 26.7 Å². The summed E-state index contributed by atoms with van der Waals surface area (Å²) >= 11 is 0. The van der Waals surface area contributed by atoms with E-state index in [0.29, 0.717) is 0 Å². The molecule has 0 aromatic rings. The molecule has 0 radical (unpaired) electrons. The Morgan fingerprint density at radius 3 is 2.21 bits per heavy atom. The summed E-state index contributed by atoms with van der Waals surface area (Å²) in [5, 5.41) is 3.65. The lowest BCUT2D eigenvalue weighted by atomic mass is 10.4. The molecule has 2 rings (SSSR count). The van der Waals surface area contributed by atoms with Crippen LogP contribution in [0.3, 0.4) is 0 Å². The maximum Gasteiger partial charge on any atom is 0.247 e. The summed E-state index contributed by atoms with van der Waals surface area (Å²) in [7, 11) is 0. The number of amides is 2. The van der Waals surface area contributed by atoms with Crippen molar-refractivity contribution in [3.63, 3.8) is 0 Å². The molecular weight excluding hydrogens is 186 g/mol. The highest BCUT2D eigenvalue weighted by Crippen LogP contribution is 2.11. The summed E-state index contributed by atoms with van der Waals surface area (Å²) in [5.41, 5.74) is 7.34. The molecule has 7 nitrogen and oxygen atoms in total. The van der Waals surface area contributed by atoms with E-state index in [1.54, 1.807) is 0 Å². The van der Waals surface area contributed by atoms with E-state index in [-0.39, 0.29) is 30.6 Å². The zero-order valence-corrected chi connectivity index (χ0v) is 8.13. The van der Waals surface area contributed by atoms with Crippen LogP contribution in [0.15, 0.2) is 5.10 Å². The van der Waals surface area contributed by atoms with Gasteiger partial charge in [-0.3, -0.25) is 15.0 Å². The van der Waals surface area contributed by atoms with E-state index >= 15 is 0 Å². The van der Waals surface area contributed by atoms with Crippen molar-refractivity contribution in [1.29, 1.82) is 0 Å². The summed E-state index contributed by atoms with van der Waals surface area (Å²) in [6.45, 7) is 4.00. The minimum Gasteiger partial charge on any atom is -0.274 e. The molecule has 14 heavy (non-hydrogen) atoms. The zero-order chi connectivity index (χ0) is 10.6. The molecule has 78 valence electrons. The highest BCUT2D eigenvalue weighted by atomic mass is 16.2. The van der Waals surface area contributed by atoms with Crippen molar-refractivity contribution >= 4 is 17.8 Å². The molecule has 0 saturated carbocycles. The number of carbonyl (C=O) groups is 2. The van der Waals surface area contributed by atoms with Crippen LogP contribution >= 0.6 is 0 Å². The normalized spacial score (nSPS) is 19.6. The minimum absolute atomic E-state index is 0.211. The second-order valence-electron chi connectivity index (χ2n) is 2.42. The molecule has 0 unspecified atom stereocenters. The molecule has 1 saturated heterocycles. The molecule has 0 aromatic carbocycles. The van der Waals surface area contributed by atoms with Crippen LogP contribution in [-0.4, -0.2) is 22.7 Å². The highest BCUT2D eigenvalue weighted by Gasteiger charge is 2.34. The highest BCUT2D eigenvalue weighted by molar-refractivity contribution is 6.15. The Kier molecular flexibility index (Phi) is 3.41. The van der Waals surface area contributed by atoms with Gasteiger partial charge >= 0.3 is 0 Å². The molecule has 2 amide bonds. The Morgan fingerprint density at radius 2 is 1.79 bits per heavy atom. The molecule has 0 spiro atoms. The third kappa shape index (κ3) is 1.82. The predicted molar refractivity (Wildman–Crippen MR) is 49.3 cm³/mol. The van der Waals surface area contributed by atoms with Crippen LogP contribution in [0, 0.1) is 0 Å². The van der Waals surface area contributed by atoms with Gasteiger partial charge in [-0.15, -0.1) is 10.6 Å². The van der Waals surface area contributed by atoms with Crippen molar-refractivity contribution in [3.05, 3.63) is 0 Å². The predicted octanol–water partition coefficient (Wildman–Crippen LogP) is -0.955. The summed E-state index contributed by atoms with van der Waals surface area (Å²) in [4.78, 5) is 23.2. The van der Waals surface area contributed by atoms with Gasteiger partial charge in [-0.1, -0.05) is 13.8 Å². The van der Waals surface area contributed by atoms with Gasteiger partial charge in [0.2, 0.25) is 17.8 Å². The molecule has 0 aromatic heterocycles. The number of hydrogen-bond donors (Lipinski definition) is 3. The zero-order valence-electron chi connectivity index (χ0n) is 8.13. The first-order chi connectivity index (χ1) is 6.79. The molecule has 2 aliphatic rings. The average Bonchev–Trinajstić information content (AvgIpc) is 2.80. The molecule has 3 N–H and O–H groups in total. The quantitative estimate of drug-likeness (QED) is 0.438. The first-order valence-electron chi connectivity index (χ1n) is 4.48. The van der Waals surface area contributed by atoms with Crippen LogP contribution in [0.4, 0.5) is 0 Å². The van der Waals surface area contributed by atoms with Gasteiger partial charge in [0.25, 0.3) is 0 Å². The van der Waals surface area contributed by atoms with Gasteiger partial charge in [-0.2, -0.15) is 0 Å². The average molecular weight is 199 g/mol. The SMILES string of the molecule is CC.O=C1CCC(=O)N1C1=NNNN1. The van der Waals surface area contributed by atoms with Gasteiger partial charge in [0.15, 0.2) is 0 Å². The molecule has 0 atom stereocenters. The van der Waals surface area contributed by atoms with Crippen molar-refractivity contribution in [3.8, 4) is 0 Å². The topological polar surface area (TPSA) is 85.8 Å². The number of hydrazone groups is 1. The first kappa shape index (κ1) is 10.5. The smallest absolute Gasteiger partial charge is 0.247 e. The van der Waals surface area contributed by atoms with Crippen molar-refractivity contribution in [2.75, 3.05) is 0 Å². The fourth-order valence-electron chi connectivity index (χ4n) is 1.11. The number of hydrazine groups is 2. The van der Waals surface area contributed by atoms with Gasteiger partial charge in [-0.25, -0.2) is 10.4 Å². The Balaban J connectivity index is 0.000000461. The van der Waals surface area contributed by atoms with E-state index in [2.05, 4.69) is 21.6 Å². The van der Waals surface area contributed by atoms with E-state index < -0.39 is 0 Å². The Labute approximate surface area is 81.5 Å². The lowest BCUT2D eigenvalue weighted by Gasteiger charge is -2.10. The van der Waals surface area contributed by atoms with E-state index in [9.17, 15) is 9.59 Å². The van der Waals surface area contributed by atoms with Crippen LogP contribution in [0.5, 0.6) is 0 Å². The lowest BCUT2D eigenvalue weighted by molar-refractivity contribution is -0.133. The van der Waals surface area contributed by atoms with E-state index in [0.717, 1.165) is 4.90 Å². The molecule has 0 aliphatic carbocycles. The number of imide groups is 1. The summed E-state index contributed by atoms with van der Waals surface area (Å²) in [6, 6.07) is 0. The second kappa shape index (κ2) is 4.56. The maximum atomic E-state index is 11.1. The third-order valence-electron chi connectivity index (χ3n) is 1.66. The fourth-order valence-corrected chi connectivity index (χ4v) is 1.11. The lowest BCUT2D eigenvalue weighted by Crippen LogP contribution is -2.46. The minimum atomic E-state index is -0.225. The van der Waals surface area contributed by atoms with Gasteiger partial charge in [-0.05, 0) is 0 Å². The standard InChI is InChI=1S/C5H7N5O2.C2H6/c11-3-1-2-4(12)10(3)5-6-8-9-7-5;1-2/h8-9H,1-2H2,(H,6,7);1-2H3. The monoisotopic (exact) mass is 199 g/mol. The van der Waals surface area contributed by atoms with Crippen LogP contribution in [0.2, 0.25) is 0 Å². The van der Waals surface area contributed by atoms with Crippen molar-refractivity contribution in [2.24, 2.45) is 5.10 Å². The van der Waals surface area contributed by atoms with E-state index in [1.165, 1.54) is 0 Å². The summed E-state index contributed by atoms with van der Waals surface area (Å²) in [5.74, 6) is -0.240. The van der Waals surface area contributed by atoms with Gasteiger partial charge in [0.05, 0.1) is 0 Å². The molecule has 2 heterocycles. The Hall–Kier alpha value is -1.63. The molecule has 7 heteroatoms. The number of rotatable bonds is 0. The number of likely N-dealkylation sites (tertiary alicyclic amines) is 1. The van der Waals surface area contributed by atoms with Crippen LogP contribution in [0.1, 0.15) is 26.7 Å². The van der Waals surface area contributed by atoms with Crippen molar-refractivity contribution < 1.29 is 9.59 Å². The number of guanidine groups is 1. The van der Waals surface area contributed by atoms with Crippen LogP contribution in [0.25, 0.3) is 0 Å². The van der Waals surface area contributed by atoms with Crippen molar-refractivity contribution in [1.82, 2.24) is 21.4 Å². The summed E-state index contributed by atoms with van der Waals surface area (Å²) in [6.07, 6.45) is 0.527. The van der Waals surface area contributed by atoms with Crippen LogP contribution < -0.4 is 16.5 Å². The molecule has 0 bridgehead atoms. The first-order valence-corrected chi connectivity index (χ1v) is 4.48. The van der Waals surface area contributed by atoms with E-state index in [4.69, 9.17) is 0 Å². The molecule has 2 aliphatic heterocycles. The van der Waals surface area contributed by atoms with E-state index in [1.807, 2.05) is 13.8 Å². The largest absolute Gasteiger partial charge is 0.274 e. The second-order valence-corrected chi connectivity index (χ2v) is 2.42. The van der Waals surface area contributed by atoms with Gasteiger partial charge < -0.3 is 0 Å². The number of carbonyl (C=O) groups excluding carboxylic acids is 2.